The number of nitrogens with zero attached hydrogens (tertiary/aromatic N) is 2. The summed E-state index contributed by atoms with van der Waals surface area (Å²) in [6, 6.07) is 8.75. The van der Waals surface area contributed by atoms with Crippen LogP contribution in [0.15, 0.2) is 35.7 Å². The fourth-order valence-corrected chi connectivity index (χ4v) is 3.71. The summed E-state index contributed by atoms with van der Waals surface area (Å²) in [7, 11) is 0. The van der Waals surface area contributed by atoms with Gasteiger partial charge in [-0.2, -0.15) is 0 Å². The molecule has 0 saturated heterocycles. The van der Waals surface area contributed by atoms with E-state index in [0.717, 1.165) is 28.3 Å². The van der Waals surface area contributed by atoms with Crippen molar-refractivity contribution in [3.63, 3.8) is 0 Å². The molecule has 1 aromatic carbocycles. The maximum atomic E-state index is 11.9. The first-order valence-electron chi connectivity index (χ1n) is 9.04. The number of hydrogen-bond donors (Lipinski definition) is 2. The lowest BCUT2D eigenvalue weighted by molar-refractivity contribution is 0.0634. The number of carbonyl (C=O) groups is 2. The van der Waals surface area contributed by atoms with Gasteiger partial charge in [0.25, 0.3) is 0 Å². The SMILES string of the molecule is Cc1cc(-c2csc(NC(=O)OC(C)(C)C)n2)c(C)n1-c1ccc(C(=O)O)cc1. The molecule has 2 N–H and O–H groups in total. The van der Waals surface area contributed by atoms with Crippen molar-refractivity contribution in [3.8, 4) is 16.9 Å². The molecule has 0 atom stereocenters. The molecule has 0 bridgehead atoms. The van der Waals surface area contributed by atoms with Gasteiger partial charge in [-0.3, -0.25) is 5.32 Å². The fourth-order valence-electron chi connectivity index (χ4n) is 3.02. The largest absolute Gasteiger partial charge is 0.478 e. The van der Waals surface area contributed by atoms with Gasteiger partial charge in [0.15, 0.2) is 5.13 Å². The van der Waals surface area contributed by atoms with Crippen molar-refractivity contribution in [1.82, 2.24) is 9.55 Å². The first-order chi connectivity index (χ1) is 13.5. The number of carboxylic acids is 1. The molecular formula is C21H23N3O4S. The number of aromatic carboxylic acids is 1. The Bertz CT molecular complexity index is 1060. The Morgan fingerprint density at radius 2 is 1.83 bits per heavy atom. The number of aryl methyl sites for hydroxylation is 1. The minimum atomic E-state index is -0.953. The molecule has 152 valence electrons. The maximum Gasteiger partial charge on any atom is 0.413 e. The van der Waals surface area contributed by atoms with E-state index in [-0.39, 0.29) is 5.56 Å². The first kappa shape index (κ1) is 20.6. The Hall–Kier alpha value is -3.13. The van der Waals surface area contributed by atoms with E-state index in [1.807, 2.05) is 29.9 Å². The molecule has 29 heavy (non-hydrogen) atoms. The van der Waals surface area contributed by atoms with Crippen molar-refractivity contribution >= 4 is 28.5 Å². The summed E-state index contributed by atoms with van der Waals surface area (Å²) in [5, 5.41) is 14.1. The van der Waals surface area contributed by atoms with E-state index in [4.69, 9.17) is 9.84 Å². The summed E-state index contributed by atoms with van der Waals surface area (Å²) in [6.07, 6.45) is -0.539. The predicted molar refractivity (Wildman–Crippen MR) is 113 cm³/mol. The van der Waals surface area contributed by atoms with Crippen molar-refractivity contribution in [2.75, 3.05) is 5.32 Å². The molecule has 0 fully saturated rings. The molecule has 2 heterocycles. The number of hydrogen-bond acceptors (Lipinski definition) is 5. The van der Waals surface area contributed by atoms with Crippen LogP contribution >= 0.6 is 11.3 Å². The molecule has 0 spiro atoms. The number of thiazole rings is 1. The van der Waals surface area contributed by atoms with E-state index in [1.165, 1.54) is 11.3 Å². The molecular weight excluding hydrogens is 390 g/mol. The number of carbonyl (C=O) groups excluding carboxylic acids is 1. The summed E-state index contributed by atoms with van der Waals surface area (Å²) < 4.78 is 7.30. The van der Waals surface area contributed by atoms with Gasteiger partial charge in [0.2, 0.25) is 0 Å². The van der Waals surface area contributed by atoms with Gasteiger partial charge in [0, 0.05) is 28.0 Å². The molecule has 2 aromatic heterocycles. The zero-order valence-electron chi connectivity index (χ0n) is 16.9. The monoisotopic (exact) mass is 413 g/mol. The van der Waals surface area contributed by atoms with Gasteiger partial charge in [-0.1, -0.05) is 0 Å². The van der Waals surface area contributed by atoms with E-state index < -0.39 is 17.7 Å². The van der Waals surface area contributed by atoms with Gasteiger partial charge in [-0.05, 0) is 65.0 Å². The Kier molecular flexibility index (Phi) is 5.48. The number of aromatic nitrogens is 2. The molecule has 1 amide bonds. The average molecular weight is 413 g/mol. The smallest absolute Gasteiger partial charge is 0.413 e. The third kappa shape index (κ3) is 4.65. The number of carboxylic acid groups (broad SMARTS) is 1. The number of rotatable bonds is 4. The van der Waals surface area contributed by atoms with Crippen LogP contribution in [0.1, 0.15) is 42.5 Å². The van der Waals surface area contributed by atoms with Crippen molar-refractivity contribution < 1.29 is 19.4 Å². The number of amides is 1. The molecule has 0 aliphatic carbocycles. The highest BCUT2D eigenvalue weighted by atomic mass is 32.1. The van der Waals surface area contributed by atoms with Gasteiger partial charge >= 0.3 is 12.1 Å². The molecule has 0 unspecified atom stereocenters. The van der Waals surface area contributed by atoms with Gasteiger partial charge in [0.1, 0.15) is 5.60 Å². The van der Waals surface area contributed by atoms with Crippen molar-refractivity contribution in [1.29, 1.82) is 0 Å². The van der Waals surface area contributed by atoms with E-state index >= 15 is 0 Å². The van der Waals surface area contributed by atoms with Crippen LogP contribution in [0.4, 0.5) is 9.93 Å². The molecule has 3 rings (SSSR count). The highest BCUT2D eigenvalue weighted by molar-refractivity contribution is 7.14. The molecule has 7 nitrogen and oxygen atoms in total. The Morgan fingerprint density at radius 3 is 2.41 bits per heavy atom. The van der Waals surface area contributed by atoms with Gasteiger partial charge in [-0.25, -0.2) is 14.6 Å². The lowest BCUT2D eigenvalue weighted by atomic mass is 10.2. The van der Waals surface area contributed by atoms with Crippen LogP contribution in [0.25, 0.3) is 16.9 Å². The summed E-state index contributed by atoms with van der Waals surface area (Å²) >= 11 is 1.33. The normalized spacial score (nSPS) is 11.3. The highest BCUT2D eigenvalue weighted by Crippen LogP contribution is 2.32. The van der Waals surface area contributed by atoms with Gasteiger partial charge in [-0.15, -0.1) is 11.3 Å². The lowest BCUT2D eigenvalue weighted by Gasteiger charge is -2.18. The number of nitrogens with one attached hydrogen (secondary N) is 1. The molecule has 0 aliphatic rings. The van der Waals surface area contributed by atoms with E-state index in [0.29, 0.717) is 5.13 Å². The topological polar surface area (TPSA) is 93.5 Å². The third-order valence-corrected chi connectivity index (χ3v) is 4.95. The predicted octanol–water partition coefficient (Wildman–Crippen LogP) is 5.26. The lowest BCUT2D eigenvalue weighted by Crippen LogP contribution is -2.27. The van der Waals surface area contributed by atoms with Crippen LogP contribution < -0.4 is 5.32 Å². The second-order valence-corrected chi connectivity index (χ2v) is 8.50. The fraction of sp³-hybridized carbons (Fsp3) is 0.286. The minimum absolute atomic E-state index is 0.244. The van der Waals surface area contributed by atoms with Crippen molar-refractivity contribution in [2.24, 2.45) is 0 Å². The average Bonchev–Trinajstić information content (AvgIpc) is 3.17. The second kappa shape index (κ2) is 7.71. The van der Waals surface area contributed by atoms with Crippen molar-refractivity contribution in [2.45, 2.75) is 40.2 Å². The molecule has 8 heteroatoms. The van der Waals surface area contributed by atoms with Crippen LogP contribution in [0, 0.1) is 13.8 Å². The van der Waals surface area contributed by atoms with Crippen LogP contribution in [0.3, 0.4) is 0 Å². The zero-order chi connectivity index (χ0) is 21.3. The molecule has 0 saturated carbocycles. The zero-order valence-corrected chi connectivity index (χ0v) is 17.8. The summed E-state index contributed by atoms with van der Waals surface area (Å²) in [6.45, 7) is 9.37. The summed E-state index contributed by atoms with van der Waals surface area (Å²) in [5.74, 6) is -0.953. The van der Waals surface area contributed by atoms with Crippen LogP contribution in [-0.2, 0) is 4.74 Å². The van der Waals surface area contributed by atoms with Gasteiger partial charge < -0.3 is 14.4 Å². The third-order valence-electron chi connectivity index (χ3n) is 4.19. The number of ether oxygens (including phenoxy) is 1. The molecule has 0 aliphatic heterocycles. The Labute approximate surface area is 173 Å². The number of benzene rings is 1. The van der Waals surface area contributed by atoms with E-state index in [1.54, 1.807) is 45.0 Å². The highest BCUT2D eigenvalue weighted by Gasteiger charge is 2.19. The second-order valence-electron chi connectivity index (χ2n) is 7.64. The first-order valence-corrected chi connectivity index (χ1v) is 9.92. The van der Waals surface area contributed by atoms with Crippen molar-refractivity contribution in [3.05, 3.63) is 52.7 Å². The molecule has 0 radical (unpaired) electrons. The van der Waals surface area contributed by atoms with E-state index in [2.05, 4.69) is 10.3 Å². The minimum Gasteiger partial charge on any atom is -0.478 e. The summed E-state index contributed by atoms with van der Waals surface area (Å²) in [5.41, 5.74) is 4.20. The van der Waals surface area contributed by atoms with Crippen LogP contribution in [-0.4, -0.2) is 32.3 Å². The Morgan fingerprint density at radius 1 is 1.17 bits per heavy atom. The quantitative estimate of drug-likeness (QED) is 0.608. The van der Waals surface area contributed by atoms with Crippen LogP contribution in [0.5, 0.6) is 0 Å². The van der Waals surface area contributed by atoms with Gasteiger partial charge in [0.05, 0.1) is 11.3 Å². The van der Waals surface area contributed by atoms with Crippen LogP contribution in [0.2, 0.25) is 0 Å². The number of anilines is 1. The standard InChI is InChI=1S/C21H23N3O4S/c1-12-10-16(13(2)24(12)15-8-6-14(7-9-15)18(25)26)17-11-29-19(22-17)23-20(27)28-21(3,4)5/h6-11H,1-5H3,(H,25,26)(H,22,23,27). The summed E-state index contributed by atoms with van der Waals surface area (Å²) in [4.78, 5) is 27.5. The maximum absolute atomic E-state index is 11.9. The Balaban J connectivity index is 1.86. The molecule has 3 aromatic rings. The van der Waals surface area contributed by atoms with E-state index in [9.17, 15) is 9.59 Å².